The van der Waals surface area contributed by atoms with Crippen LogP contribution in [0.15, 0.2) is 48.7 Å². The van der Waals surface area contributed by atoms with Gasteiger partial charge in [-0.05, 0) is 30.3 Å². The van der Waals surface area contributed by atoms with Crippen molar-refractivity contribution in [2.24, 2.45) is 0 Å². The topological polar surface area (TPSA) is 63.1 Å². The number of rotatable bonds is 2. The van der Waals surface area contributed by atoms with E-state index in [1.165, 1.54) is 12.1 Å². The predicted octanol–water partition coefficient (Wildman–Crippen LogP) is 3.65. The van der Waals surface area contributed by atoms with E-state index >= 15 is 0 Å². The number of carbonyl (C=O) groups is 1. The average Bonchev–Trinajstić information content (AvgIpc) is 2.46. The van der Waals surface area contributed by atoms with Gasteiger partial charge in [0.25, 0.3) is 0 Å². The zero-order chi connectivity index (χ0) is 14.1. The minimum absolute atomic E-state index is 0.190. The highest BCUT2D eigenvalue weighted by Gasteiger charge is 2.07. The molecule has 1 N–H and O–H groups in total. The van der Waals surface area contributed by atoms with Gasteiger partial charge in [-0.3, -0.25) is 4.98 Å². The largest absolute Gasteiger partial charge is 0.478 e. The first-order valence-electron chi connectivity index (χ1n) is 5.89. The van der Waals surface area contributed by atoms with Crippen LogP contribution in [0.4, 0.5) is 0 Å². The summed E-state index contributed by atoms with van der Waals surface area (Å²) in [6.07, 6.45) is 1.65. The number of fused-ring (bicyclic) bond motifs is 1. The Hall–Kier alpha value is -2.46. The van der Waals surface area contributed by atoms with Gasteiger partial charge in [0, 0.05) is 10.6 Å². The molecule has 20 heavy (non-hydrogen) atoms. The van der Waals surface area contributed by atoms with Crippen LogP contribution in [0.1, 0.15) is 10.4 Å². The minimum Gasteiger partial charge on any atom is -0.478 e. The highest BCUT2D eigenvalue weighted by Crippen LogP contribution is 2.22. The van der Waals surface area contributed by atoms with E-state index in [9.17, 15) is 4.79 Å². The van der Waals surface area contributed by atoms with Crippen LogP contribution >= 0.6 is 11.6 Å². The molecule has 5 heteroatoms. The van der Waals surface area contributed by atoms with Gasteiger partial charge >= 0.3 is 5.97 Å². The van der Waals surface area contributed by atoms with E-state index in [4.69, 9.17) is 16.7 Å². The van der Waals surface area contributed by atoms with Crippen LogP contribution in [0.5, 0.6) is 0 Å². The lowest BCUT2D eigenvalue weighted by Crippen LogP contribution is -1.97. The maximum atomic E-state index is 11.0. The number of aromatic nitrogens is 2. The summed E-state index contributed by atoms with van der Waals surface area (Å²) in [6, 6.07) is 11.9. The summed E-state index contributed by atoms with van der Waals surface area (Å²) in [5, 5.41) is 9.62. The highest BCUT2D eigenvalue weighted by molar-refractivity contribution is 6.30. The van der Waals surface area contributed by atoms with Crippen molar-refractivity contribution in [3.8, 4) is 11.3 Å². The predicted molar refractivity (Wildman–Crippen MR) is 76.9 cm³/mol. The number of hydrogen-bond acceptors (Lipinski definition) is 3. The van der Waals surface area contributed by atoms with E-state index in [0.29, 0.717) is 21.7 Å². The number of nitrogens with zero attached hydrogens (tertiary/aromatic N) is 2. The molecule has 0 fully saturated rings. The molecule has 1 aromatic heterocycles. The van der Waals surface area contributed by atoms with Crippen molar-refractivity contribution in [2.75, 3.05) is 0 Å². The number of carboxylic acid groups (broad SMARTS) is 1. The smallest absolute Gasteiger partial charge is 0.335 e. The van der Waals surface area contributed by atoms with Crippen molar-refractivity contribution < 1.29 is 9.90 Å². The zero-order valence-corrected chi connectivity index (χ0v) is 11.0. The van der Waals surface area contributed by atoms with Gasteiger partial charge in [-0.1, -0.05) is 23.7 Å². The Morgan fingerprint density at radius 3 is 2.70 bits per heavy atom. The molecular formula is C15H9ClN2O2. The van der Waals surface area contributed by atoms with Gasteiger partial charge in [0.05, 0.1) is 28.5 Å². The summed E-state index contributed by atoms with van der Waals surface area (Å²) in [4.78, 5) is 19.7. The molecular weight excluding hydrogens is 276 g/mol. The Balaban J connectivity index is 2.16. The molecule has 0 bridgehead atoms. The fourth-order valence-corrected chi connectivity index (χ4v) is 2.12. The van der Waals surface area contributed by atoms with Crippen LogP contribution < -0.4 is 0 Å². The third kappa shape index (κ3) is 2.33. The Morgan fingerprint density at radius 1 is 1.10 bits per heavy atom. The molecule has 2 aromatic carbocycles. The lowest BCUT2D eigenvalue weighted by molar-refractivity contribution is 0.0697. The second-order valence-electron chi connectivity index (χ2n) is 4.27. The SMILES string of the molecule is O=C(O)c1ccc2ncc(-c3cccc(Cl)c3)nc2c1. The van der Waals surface area contributed by atoms with Crippen LogP contribution in [0.3, 0.4) is 0 Å². The third-order valence-electron chi connectivity index (χ3n) is 2.91. The Bertz CT molecular complexity index is 818. The van der Waals surface area contributed by atoms with Crippen molar-refractivity contribution in [3.63, 3.8) is 0 Å². The Morgan fingerprint density at radius 2 is 1.95 bits per heavy atom. The van der Waals surface area contributed by atoms with Crippen LogP contribution in [-0.2, 0) is 0 Å². The number of hydrogen-bond donors (Lipinski definition) is 1. The van der Waals surface area contributed by atoms with Gasteiger partial charge in [-0.15, -0.1) is 0 Å². The Labute approximate surface area is 119 Å². The van der Waals surface area contributed by atoms with E-state index in [1.807, 2.05) is 12.1 Å². The van der Waals surface area contributed by atoms with Crippen molar-refractivity contribution in [3.05, 3.63) is 59.2 Å². The second kappa shape index (κ2) is 4.90. The quantitative estimate of drug-likeness (QED) is 0.780. The fraction of sp³-hybridized carbons (Fsp3) is 0. The van der Waals surface area contributed by atoms with Crippen LogP contribution in [0, 0.1) is 0 Å². The van der Waals surface area contributed by atoms with E-state index < -0.39 is 5.97 Å². The number of aromatic carboxylic acids is 1. The molecule has 98 valence electrons. The molecule has 0 atom stereocenters. The molecule has 0 aliphatic carbocycles. The first-order chi connectivity index (χ1) is 9.63. The summed E-state index contributed by atoms with van der Waals surface area (Å²) < 4.78 is 0. The molecule has 3 rings (SSSR count). The van der Waals surface area contributed by atoms with Gasteiger partial charge in [0.1, 0.15) is 0 Å². The number of halogens is 1. The molecule has 1 heterocycles. The summed E-state index contributed by atoms with van der Waals surface area (Å²) in [5.74, 6) is -0.984. The van der Waals surface area contributed by atoms with Crippen LogP contribution in [-0.4, -0.2) is 21.0 Å². The lowest BCUT2D eigenvalue weighted by atomic mass is 10.1. The summed E-state index contributed by atoms with van der Waals surface area (Å²) in [5.41, 5.74) is 2.88. The average molecular weight is 285 g/mol. The van der Waals surface area contributed by atoms with Crippen LogP contribution in [0.25, 0.3) is 22.3 Å². The zero-order valence-electron chi connectivity index (χ0n) is 10.2. The van der Waals surface area contributed by atoms with Crippen LogP contribution in [0.2, 0.25) is 5.02 Å². The molecule has 4 nitrogen and oxygen atoms in total. The molecule has 0 saturated carbocycles. The summed E-state index contributed by atoms with van der Waals surface area (Å²) in [6.45, 7) is 0. The molecule has 0 radical (unpaired) electrons. The normalized spacial score (nSPS) is 10.7. The molecule has 0 amide bonds. The molecule has 0 spiro atoms. The molecule has 0 saturated heterocycles. The van der Waals surface area contributed by atoms with Crippen molar-refractivity contribution >= 4 is 28.6 Å². The van der Waals surface area contributed by atoms with E-state index in [1.54, 1.807) is 24.4 Å². The lowest BCUT2D eigenvalue weighted by Gasteiger charge is -2.04. The first-order valence-corrected chi connectivity index (χ1v) is 6.27. The summed E-state index contributed by atoms with van der Waals surface area (Å²) >= 11 is 5.95. The molecule has 3 aromatic rings. The van der Waals surface area contributed by atoms with Crippen molar-refractivity contribution in [2.45, 2.75) is 0 Å². The first kappa shape index (κ1) is 12.6. The summed E-state index contributed by atoms with van der Waals surface area (Å²) in [7, 11) is 0. The van der Waals surface area contributed by atoms with E-state index in [2.05, 4.69) is 9.97 Å². The fourth-order valence-electron chi connectivity index (χ4n) is 1.93. The monoisotopic (exact) mass is 284 g/mol. The number of carboxylic acids is 1. The highest BCUT2D eigenvalue weighted by atomic mass is 35.5. The third-order valence-corrected chi connectivity index (χ3v) is 3.14. The van der Waals surface area contributed by atoms with Gasteiger partial charge in [0.2, 0.25) is 0 Å². The van der Waals surface area contributed by atoms with E-state index in [0.717, 1.165) is 5.56 Å². The standard InChI is InChI=1S/C15H9ClN2O2/c16-11-3-1-2-9(6-11)14-8-17-12-5-4-10(15(19)20)7-13(12)18-14/h1-8H,(H,19,20). The van der Waals surface area contributed by atoms with Crippen molar-refractivity contribution in [1.29, 1.82) is 0 Å². The maximum Gasteiger partial charge on any atom is 0.335 e. The molecule has 0 unspecified atom stereocenters. The Kier molecular flexibility index (Phi) is 3.08. The minimum atomic E-state index is -0.984. The molecule has 0 aliphatic heterocycles. The van der Waals surface area contributed by atoms with E-state index in [-0.39, 0.29) is 5.56 Å². The molecule has 0 aliphatic rings. The van der Waals surface area contributed by atoms with Gasteiger partial charge in [-0.2, -0.15) is 0 Å². The van der Waals surface area contributed by atoms with Gasteiger partial charge in [0.15, 0.2) is 0 Å². The maximum absolute atomic E-state index is 11.0. The van der Waals surface area contributed by atoms with Gasteiger partial charge in [-0.25, -0.2) is 9.78 Å². The second-order valence-corrected chi connectivity index (χ2v) is 4.71. The van der Waals surface area contributed by atoms with Crippen molar-refractivity contribution in [1.82, 2.24) is 9.97 Å². The number of benzene rings is 2. The van der Waals surface area contributed by atoms with Gasteiger partial charge < -0.3 is 5.11 Å².